The summed E-state index contributed by atoms with van der Waals surface area (Å²) in [6, 6.07) is -0.0506. The molecule has 1 atom stereocenters. The van der Waals surface area contributed by atoms with Crippen LogP contribution >= 0.6 is 11.8 Å². The Balaban J connectivity index is 3.02. The zero-order valence-electron chi connectivity index (χ0n) is 10.3. The SMILES string of the molecule is CC(C)C(Sc1n[nH]c(=O)n1C(C)C)C(=O)O. The number of rotatable bonds is 5. The number of nitrogens with zero attached hydrogens (tertiary/aromatic N) is 2. The van der Waals surface area contributed by atoms with E-state index >= 15 is 0 Å². The highest BCUT2D eigenvalue weighted by atomic mass is 32.2. The topological polar surface area (TPSA) is 88.0 Å². The highest BCUT2D eigenvalue weighted by Crippen LogP contribution is 2.27. The van der Waals surface area contributed by atoms with Gasteiger partial charge in [0.25, 0.3) is 0 Å². The molecular weight excluding hydrogens is 242 g/mol. The molecular formula is C10H17N3O3S. The normalized spacial score (nSPS) is 13.3. The van der Waals surface area contributed by atoms with E-state index in [4.69, 9.17) is 5.11 Å². The molecule has 1 aromatic heterocycles. The van der Waals surface area contributed by atoms with Crippen LogP contribution in [-0.4, -0.2) is 31.1 Å². The molecule has 7 heteroatoms. The average Bonchev–Trinajstić information content (AvgIpc) is 2.54. The van der Waals surface area contributed by atoms with Gasteiger partial charge in [-0.05, 0) is 19.8 Å². The van der Waals surface area contributed by atoms with Crippen LogP contribution < -0.4 is 5.69 Å². The number of aliphatic carboxylic acids is 1. The summed E-state index contributed by atoms with van der Waals surface area (Å²) in [5.74, 6) is -0.930. The Bertz CT molecular complexity index is 450. The van der Waals surface area contributed by atoms with Crippen molar-refractivity contribution < 1.29 is 9.90 Å². The number of carbonyl (C=O) groups is 1. The van der Waals surface area contributed by atoms with Crippen LogP contribution in [0, 0.1) is 5.92 Å². The van der Waals surface area contributed by atoms with Crippen molar-refractivity contribution in [3.05, 3.63) is 10.5 Å². The third-order valence-corrected chi connectivity index (χ3v) is 3.77. The van der Waals surface area contributed by atoms with Crippen molar-refractivity contribution >= 4 is 17.7 Å². The fourth-order valence-electron chi connectivity index (χ4n) is 1.41. The van der Waals surface area contributed by atoms with E-state index in [9.17, 15) is 9.59 Å². The molecule has 17 heavy (non-hydrogen) atoms. The van der Waals surface area contributed by atoms with E-state index in [2.05, 4.69) is 10.2 Å². The number of aromatic nitrogens is 3. The summed E-state index contributed by atoms with van der Waals surface area (Å²) in [7, 11) is 0. The van der Waals surface area contributed by atoms with Gasteiger partial charge in [0.15, 0.2) is 5.16 Å². The van der Waals surface area contributed by atoms with Crippen molar-refractivity contribution in [3.63, 3.8) is 0 Å². The maximum Gasteiger partial charge on any atom is 0.344 e. The Kier molecular flexibility index (Phi) is 4.39. The number of hydrogen-bond donors (Lipinski definition) is 2. The number of nitrogens with one attached hydrogen (secondary N) is 1. The largest absolute Gasteiger partial charge is 0.480 e. The Morgan fingerprint density at radius 1 is 1.41 bits per heavy atom. The van der Waals surface area contributed by atoms with E-state index in [1.807, 2.05) is 27.7 Å². The molecule has 6 nitrogen and oxygen atoms in total. The van der Waals surface area contributed by atoms with Crippen LogP contribution in [0.2, 0.25) is 0 Å². The number of H-pyrrole nitrogens is 1. The van der Waals surface area contributed by atoms with E-state index < -0.39 is 11.2 Å². The van der Waals surface area contributed by atoms with Crippen LogP contribution in [-0.2, 0) is 4.79 Å². The number of carboxylic acids is 1. The first-order chi connectivity index (χ1) is 7.84. The summed E-state index contributed by atoms with van der Waals surface area (Å²) >= 11 is 1.10. The van der Waals surface area contributed by atoms with Gasteiger partial charge in [-0.25, -0.2) is 9.89 Å². The van der Waals surface area contributed by atoms with Gasteiger partial charge in [0.1, 0.15) is 5.25 Å². The molecule has 0 saturated carbocycles. The van der Waals surface area contributed by atoms with E-state index in [1.54, 1.807) is 0 Å². The van der Waals surface area contributed by atoms with Crippen molar-refractivity contribution in [3.8, 4) is 0 Å². The van der Waals surface area contributed by atoms with Gasteiger partial charge in [-0.15, -0.1) is 5.10 Å². The van der Waals surface area contributed by atoms with Crippen LogP contribution in [0.1, 0.15) is 33.7 Å². The van der Waals surface area contributed by atoms with Gasteiger partial charge in [-0.1, -0.05) is 25.6 Å². The van der Waals surface area contributed by atoms with E-state index in [1.165, 1.54) is 4.57 Å². The molecule has 0 bridgehead atoms. The second-order valence-corrected chi connectivity index (χ2v) is 5.50. The van der Waals surface area contributed by atoms with Crippen molar-refractivity contribution in [1.82, 2.24) is 14.8 Å². The van der Waals surface area contributed by atoms with E-state index in [0.717, 1.165) is 11.8 Å². The predicted octanol–water partition coefficient (Wildman–Crippen LogP) is 1.35. The summed E-state index contributed by atoms with van der Waals surface area (Å²) in [5.41, 5.74) is -0.310. The van der Waals surface area contributed by atoms with Crippen LogP contribution in [0.15, 0.2) is 9.95 Å². The Morgan fingerprint density at radius 3 is 2.41 bits per heavy atom. The minimum atomic E-state index is -0.893. The molecule has 1 rings (SSSR count). The number of hydrogen-bond acceptors (Lipinski definition) is 4. The fourth-order valence-corrected chi connectivity index (χ4v) is 2.52. The van der Waals surface area contributed by atoms with Gasteiger partial charge in [-0.3, -0.25) is 9.36 Å². The molecule has 0 aliphatic heterocycles. The summed E-state index contributed by atoms with van der Waals surface area (Å²) in [5, 5.41) is 15.1. The summed E-state index contributed by atoms with van der Waals surface area (Å²) in [4.78, 5) is 22.6. The lowest BCUT2D eigenvalue weighted by Gasteiger charge is -2.16. The van der Waals surface area contributed by atoms with Gasteiger partial charge in [0.05, 0.1) is 0 Å². The Morgan fingerprint density at radius 2 is 2.00 bits per heavy atom. The number of aromatic amines is 1. The first-order valence-corrected chi connectivity index (χ1v) is 6.29. The van der Waals surface area contributed by atoms with Gasteiger partial charge in [0, 0.05) is 6.04 Å². The van der Waals surface area contributed by atoms with Gasteiger partial charge in [-0.2, -0.15) is 0 Å². The summed E-state index contributed by atoms with van der Waals surface area (Å²) in [6.45, 7) is 7.37. The summed E-state index contributed by atoms with van der Waals surface area (Å²) in [6.07, 6.45) is 0. The maximum absolute atomic E-state index is 11.5. The van der Waals surface area contributed by atoms with Crippen molar-refractivity contribution in [2.75, 3.05) is 0 Å². The highest BCUT2D eigenvalue weighted by molar-refractivity contribution is 8.00. The molecule has 1 heterocycles. The van der Waals surface area contributed by atoms with Gasteiger partial charge < -0.3 is 5.11 Å². The number of carboxylic acid groups (broad SMARTS) is 1. The number of thioether (sulfide) groups is 1. The molecule has 0 aliphatic rings. The standard InChI is InChI=1S/C10H17N3O3S/c1-5(2)7(8(14)15)17-10-12-11-9(16)13(10)6(3)4/h5-7H,1-4H3,(H,11,16)(H,14,15). The van der Waals surface area contributed by atoms with Crippen molar-refractivity contribution in [2.45, 2.75) is 44.1 Å². The molecule has 1 aromatic rings. The molecule has 0 aliphatic carbocycles. The second-order valence-electron chi connectivity index (χ2n) is 4.40. The maximum atomic E-state index is 11.5. The van der Waals surface area contributed by atoms with Crippen LogP contribution in [0.25, 0.3) is 0 Å². The molecule has 0 fully saturated rings. The predicted molar refractivity (Wildman–Crippen MR) is 65.4 cm³/mol. The molecule has 1 unspecified atom stereocenters. The second kappa shape index (κ2) is 5.39. The molecule has 2 N–H and O–H groups in total. The molecule has 0 spiro atoms. The minimum Gasteiger partial charge on any atom is -0.480 e. The lowest BCUT2D eigenvalue weighted by molar-refractivity contribution is -0.137. The molecule has 0 radical (unpaired) electrons. The third-order valence-electron chi connectivity index (χ3n) is 2.27. The van der Waals surface area contributed by atoms with Crippen molar-refractivity contribution in [2.24, 2.45) is 5.92 Å². The van der Waals surface area contributed by atoms with Crippen molar-refractivity contribution in [1.29, 1.82) is 0 Å². The van der Waals surface area contributed by atoms with E-state index in [0.29, 0.717) is 5.16 Å². The van der Waals surface area contributed by atoms with Gasteiger partial charge >= 0.3 is 11.7 Å². The quantitative estimate of drug-likeness (QED) is 0.779. The minimum absolute atomic E-state index is 0.0371. The first-order valence-electron chi connectivity index (χ1n) is 5.41. The summed E-state index contributed by atoms with van der Waals surface area (Å²) < 4.78 is 1.46. The van der Waals surface area contributed by atoms with E-state index in [-0.39, 0.29) is 17.6 Å². The highest BCUT2D eigenvalue weighted by Gasteiger charge is 2.26. The third kappa shape index (κ3) is 3.12. The lowest BCUT2D eigenvalue weighted by atomic mass is 10.1. The first kappa shape index (κ1) is 13.8. The monoisotopic (exact) mass is 259 g/mol. The fraction of sp³-hybridized carbons (Fsp3) is 0.700. The molecule has 0 saturated heterocycles. The molecule has 96 valence electrons. The average molecular weight is 259 g/mol. The molecule has 0 amide bonds. The van der Waals surface area contributed by atoms with Crippen LogP contribution in [0.5, 0.6) is 0 Å². The zero-order chi connectivity index (χ0) is 13.2. The van der Waals surface area contributed by atoms with Crippen LogP contribution in [0.3, 0.4) is 0 Å². The smallest absolute Gasteiger partial charge is 0.344 e. The van der Waals surface area contributed by atoms with Crippen LogP contribution in [0.4, 0.5) is 0 Å². The lowest BCUT2D eigenvalue weighted by Crippen LogP contribution is -2.25. The molecule has 0 aromatic carbocycles. The Hall–Kier alpha value is -1.24. The van der Waals surface area contributed by atoms with Gasteiger partial charge in [0.2, 0.25) is 0 Å². The Labute approximate surface area is 103 Å². The zero-order valence-corrected chi connectivity index (χ0v) is 11.1.